The largest absolute Gasteiger partial charge is 0.454 e. The Kier molecular flexibility index (Phi) is 5.93. The Morgan fingerprint density at radius 3 is 2.67 bits per heavy atom. The first-order valence-corrected chi connectivity index (χ1v) is 9.61. The second kappa shape index (κ2) is 7.74. The zero-order valence-electron chi connectivity index (χ0n) is 14.2. The lowest BCUT2D eigenvalue weighted by molar-refractivity contribution is -0.119. The zero-order chi connectivity index (χ0) is 17.7. The van der Waals surface area contributed by atoms with E-state index in [2.05, 4.69) is 19.2 Å². The molecule has 8 heteroatoms. The van der Waals surface area contributed by atoms with Crippen LogP contribution in [-0.4, -0.2) is 40.0 Å². The van der Waals surface area contributed by atoms with E-state index < -0.39 is 10.0 Å². The predicted octanol–water partition coefficient (Wildman–Crippen LogP) is 1.73. The first-order chi connectivity index (χ1) is 11.3. The smallest absolute Gasteiger partial charge is 0.240 e. The Labute approximate surface area is 143 Å². The number of anilines is 1. The van der Waals surface area contributed by atoms with Gasteiger partial charge in [0.15, 0.2) is 11.5 Å². The molecule has 1 aliphatic rings. The molecule has 0 aliphatic carbocycles. The number of nitrogens with one attached hydrogen (secondary N) is 1. The van der Waals surface area contributed by atoms with E-state index in [1.807, 2.05) is 0 Å². The normalized spacial score (nSPS) is 13.2. The highest BCUT2D eigenvalue weighted by atomic mass is 32.2. The number of hydrogen-bond acceptors (Lipinski definition) is 5. The highest BCUT2D eigenvalue weighted by Gasteiger charge is 2.25. The van der Waals surface area contributed by atoms with Crippen LogP contribution in [0, 0.1) is 5.92 Å². The van der Waals surface area contributed by atoms with Gasteiger partial charge in [0.1, 0.15) is 6.54 Å². The fourth-order valence-corrected chi connectivity index (χ4v) is 3.29. The van der Waals surface area contributed by atoms with Crippen molar-refractivity contribution in [3.8, 4) is 11.5 Å². The van der Waals surface area contributed by atoms with Crippen molar-refractivity contribution in [1.82, 2.24) is 5.32 Å². The lowest BCUT2D eigenvalue weighted by Crippen LogP contribution is -2.41. The van der Waals surface area contributed by atoms with Crippen molar-refractivity contribution in [3.05, 3.63) is 18.2 Å². The van der Waals surface area contributed by atoms with Crippen molar-refractivity contribution < 1.29 is 22.7 Å². The number of fused-ring (bicyclic) bond motifs is 1. The quantitative estimate of drug-likeness (QED) is 0.767. The van der Waals surface area contributed by atoms with Crippen LogP contribution < -0.4 is 19.1 Å². The first-order valence-electron chi connectivity index (χ1n) is 8.00. The Morgan fingerprint density at radius 2 is 2.00 bits per heavy atom. The van der Waals surface area contributed by atoms with E-state index in [1.54, 1.807) is 25.1 Å². The summed E-state index contributed by atoms with van der Waals surface area (Å²) in [4.78, 5) is 12.1. The average molecular weight is 356 g/mol. The van der Waals surface area contributed by atoms with Crippen molar-refractivity contribution >= 4 is 21.6 Å². The minimum Gasteiger partial charge on any atom is -0.454 e. The summed E-state index contributed by atoms with van der Waals surface area (Å²) < 4.78 is 36.4. The molecule has 1 heterocycles. The predicted molar refractivity (Wildman–Crippen MR) is 91.8 cm³/mol. The molecule has 0 bridgehead atoms. The minimum absolute atomic E-state index is 0.0965. The van der Waals surface area contributed by atoms with E-state index in [-0.39, 0.29) is 25.0 Å². The third kappa shape index (κ3) is 4.53. The average Bonchev–Trinajstić information content (AvgIpc) is 2.99. The van der Waals surface area contributed by atoms with Crippen LogP contribution in [0.1, 0.15) is 27.2 Å². The molecule has 1 aliphatic heterocycles. The standard InChI is InChI=1S/C16H24N2O5S/c1-4-24(20,21)18(10-16(19)17-8-7-12(2)3)13-5-6-14-15(9-13)23-11-22-14/h5-6,9,12H,4,7-8,10-11H2,1-3H3,(H,17,19). The Balaban J connectivity index is 2.15. The SMILES string of the molecule is CCS(=O)(=O)N(CC(=O)NCCC(C)C)c1ccc2c(c1)OCO2. The van der Waals surface area contributed by atoms with Crippen molar-refractivity contribution in [2.24, 2.45) is 5.92 Å². The maximum atomic E-state index is 12.4. The second-order valence-corrected chi connectivity index (χ2v) is 8.16. The number of carbonyl (C=O) groups excluding carboxylic acids is 1. The third-order valence-corrected chi connectivity index (χ3v) is 5.42. The van der Waals surface area contributed by atoms with Crippen LogP contribution >= 0.6 is 0 Å². The molecule has 0 saturated heterocycles. The van der Waals surface area contributed by atoms with Gasteiger partial charge in [0.05, 0.1) is 11.4 Å². The highest BCUT2D eigenvalue weighted by Crippen LogP contribution is 2.36. The fourth-order valence-electron chi connectivity index (χ4n) is 2.23. The Bertz CT molecular complexity index is 688. The number of nitrogens with zero attached hydrogens (tertiary/aromatic N) is 1. The molecule has 0 aromatic heterocycles. The summed E-state index contributed by atoms with van der Waals surface area (Å²) in [5, 5.41) is 2.76. The van der Waals surface area contributed by atoms with E-state index in [1.165, 1.54) is 0 Å². The molecular weight excluding hydrogens is 332 g/mol. The number of rotatable bonds is 8. The molecule has 0 unspecified atom stereocenters. The Hall–Kier alpha value is -1.96. The van der Waals surface area contributed by atoms with Crippen molar-refractivity contribution in [3.63, 3.8) is 0 Å². The number of benzene rings is 1. The molecule has 0 atom stereocenters. The molecule has 0 saturated carbocycles. The molecule has 2 rings (SSSR count). The van der Waals surface area contributed by atoms with Gasteiger partial charge in [-0.2, -0.15) is 0 Å². The van der Waals surface area contributed by atoms with E-state index in [4.69, 9.17) is 9.47 Å². The van der Waals surface area contributed by atoms with Crippen molar-refractivity contribution in [2.75, 3.05) is 29.9 Å². The van der Waals surface area contributed by atoms with Gasteiger partial charge < -0.3 is 14.8 Å². The van der Waals surface area contributed by atoms with Gasteiger partial charge in [0, 0.05) is 12.6 Å². The van der Waals surface area contributed by atoms with Crippen LogP contribution in [0.3, 0.4) is 0 Å². The van der Waals surface area contributed by atoms with Gasteiger partial charge in [0.25, 0.3) is 0 Å². The molecular formula is C16H24N2O5S. The van der Waals surface area contributed by atoms with Crippen molar-refractivity contribution in [1.29, 1.82) is 0 Å². The number of carbonyl (C=O) groups is 1. The summed E-state index contributed by atoms with van der Waals surface area (Å²) >= 11 is 0. The van der Waals surface area contributed by atoms with E-state index in [9.17, 15) is 13.2 Å². The maximum Gasteiger partial charge on any atom is 0.240 e. The fraction of sp³-hybridized carbons (Fsp3) is 0.562. The molecule has 1 aromatic carbocycles. The monoisotopic (exact) mass is 356 g/mol. The first kappa shape index (κ1) is 18.4. The molecule has 0 spiro atoms. The number of ether oxygens (including phenoxy) is 2. The third-order valence-electron chi connectivity index (χ3n) is 3.68. The summed E-state index contributed by atoms with van der Waals surface area (Å²) in [7, 11) is -3.59. The molecule has 1 N–H and O–H groups in total. The van der Waals surface area contributed by atoms with Gasteiger partial charge in [-0.1, -0.05) is 13.8 Å². The van der Waals surface area contributed by atoms with Gasteiger partial charge in [-0.3, -0.25) is 9.10 Å². The molecule has 0 fully saturated rings. The number of amides is 1. The summed E-state index contributed by atoms with van der Waals surface area (Å²) in [6.45, 7) is 6.05. The van der Waals surface area contributed by atoms with Gasteiger partial charge >= 0.3 is 0 Å². The highest BCUT2D eigenvalue weighted by molar-refractivity contribution is 7.92. The van der Waals surface area contributed by atoms with E-state index in [0.717, 1.165) is 10.7 Å². The van der Waals surface area contributed by atoms with Gasteiger partial charge in [-0.05, 0) is 31.4 Å². The van der Waals surface area contributed by atoms with Crippen LogP contribution in [-0.2, 0) is 14.8 Å². The number of sulfonamides is 1. The maximum absolute atomic E-state index is 12.4. The summed E-state index contributed by atoms with van der Waals surface area (Å²) in [6.07, 6.45) is 0.844. The molecule has 7 nitrogen and oxygen atoms in total. The van der Waals surface area contributed by atoms with Gasteiger partial charge in [0.2, 0.25) is 22.7 Å². The van der Waals surface area contributed by atoms with E-state index >= 15 is 0 Å². The van der Waals surface area contributed by atoms with Crippen LogP contribution in [0.2, 0.25) is 0 Å². The van der Waals surface area contributed by atoms with Crippen LogP contribution in [0.5, 0.6) is 11.5 Å². The van der Waals surface area contributed by atoms with Crippen LogP contribution in [0.15, 0.2) is 18.2 Å². The van der Waals surface area contributed by atoms with Gasteiger partial charge in [-0.25, -0.2) is 8.42 Å². The molecule has 24 heavy (non-hydrogen) atoms. The minimum atomic E-state index is -3.59. The second-order valence-electron chi connectivity index (χ2n) is 5.98. The van der Waals surface area contributed by atoms with Gasteiger partial charge in [-0.15, -0.1) is 0 Å². The van der Waals surface area contributed by atoms with Crippen LogP contribution in [0.4, 0.5) is 5.69 Å². The summed E-state index contributed by atoms with van der Waals surface area (Å²) in [5.41, 5.74) is 0.389. The molecule has 134 valence electrons. The lowest BCUT2D eigenvalue weighted by Gasteiger charge is -2.23. The molecule has 0 radical (unpaired) electrons. The van der Waals surface area contributed by atoms with Crippen LogP contribution in [0.25, 0.3) is 0 Å². The zero-order valence-corrected chi connectivity index (χ0v) is 15.1. The summed E-state index contributed by atoms with van der Waals surface area (Å²) in [6, 6.07) is 4.84. The summed E-state index contributed by atoms with van der Waals surface area (Å²) in [5.74, 6) is 1.08. The lowest BCUT2D eigenvalue weighted by atomic mass is 10.1. The Morgan fingerprint density at radius 1 is 1.29 bits per heavy atom. The van der Waals surface area contributed by atoms with Crippen molar-refractivity contribution in [2.45, 2.75) is 27.2 Å². The number of hydrogen-bond donors (Lipinski definition) is 1. The van der Waals surface area contributed by atoms with E-state index in [0.29, 0.717) is 29.6 Å². The molecule has 1 aromatic rings. The topological polar surface area (TPSA) is 84.9 Å². The molecule has 1 amide bonds.